The second-order valence-electron chi connectivity index (χ2n) is 6.75. The molecule has 1 fully saturated rings. The molecule has 1 amide bonds. The van der Waals surface area contributed by atoms with E-state index in [1.165, 1.54) is 12.0 Å². The lowest BCUT2D eigenvalue weighted by Crippen LogP contribution is -2.45. The van der Waals surface area contributed by atoms with E-state index in [-0.39, 0.29) is 11.9 Å². The maximum absolute atomic E-state index is 12.7. The average molecular weight is 329 g/mol. The monoisotopic (exact) mass is 329 g/mol. The molecule has 6 heteroatoms. The van der Waals surface area contributed by atoms with Crippen molar-refractivity contribution in [2.75, 3.05) is 6.54 Å². The van der Waals surface area contributed by atoms with Crippen LogP contribution in [0.15, 0.2) is 24.8 Å². The Morgan fingerprint density at radius 2 is 2.21 bits per heavy atom. The number of carbonyl (C=O) groups excluding carboxylic acids is 1. The van der Waals surface area contributed by atoms with Crippen molar-refractivity contribution in [1.29, 1.82) is 0 Å². The SMILES string of the molecule is Cc1cnn(CC2CCCCN2C(=O)CCCn2ccnc2C)c1. The minimum absolute atomic E-state index is 0.278. The van der Waals surface area contributed by atoms with Gasteiger partial charge in [0.1, 0.15) is 5.82 Å². The van der Waals surface area contributed by atoms with Crippen LogP contribution < -0.4 is 0 Å². The number of likely N-dealkylation sites (tertiary alicyclic amines) is 1. The van der Waals surface area contributed by atoms with Crippen LogP contribution in [-0.4, -0.2) is 42.7 Å². The van der Waals surface area contributed by atoms with Gasteiger partial charge in [-0.1, -0.05) is 0 Å². The van der Waals surface area contributed by atoms with Crippen LogP contribution in [0.3, 0.4) is 0 Å². The topological polar surface area (TPSA) is 56.0 Å². The maximum Gasteiger partial charge on any atom is 0.222 e. The summed E-state index contributed by atoms with van der Waals surface area (Å²) in [6.07, 6.45) is 12.6. The van der Waals surface area contributed by atoms with Crippen LogP contribution in [0.1, 0.15) is 43.5 Å². The van der Waals surface area contributed by atoms with Crippen LogP contribution in [-0.2, 0) is 17.9 Å². The first-order chi connectivity index (χ1) is 11.6. The molecule has 2 aromatic heterocycles. The number of hydrogen-bond donors (Lipinski definition) is 0. The molecule has 0 saturated carbocycles. The van der Waals surface area contributed by atoms with Crippen molar-refractivity contribution < 1.29 is 4.79 Å². The van der Waals surface area contributed by atoms with Gasteiger partial charge in [-0.2, -0.15) is 5.10 Å². The van der Waals surface area contributed by atoms with Crippen molar-refractivity contribution >= 4 is 5.91 Å². The Kier molecular flexibility index (Phi) is 5.33. The van der Waals surface area contributed by atoms with Crippen LogP contribution in [0, 0.1) is 13.8 Å². The van der Waals surface area contributed by atoms with Crippen molar-refractivity contribution in [2.24, 2.45) is 0 Å². The predicted octanol–water partition coefficient (Wildman–Crippen LogP) is 2.56. The number of piperidine rings is 1. The lowest BCUT2D eigenvalue weighted by Gasteiger charge is -2.36. The Morgan fingerprint density at radius 1 is 1.33 bits per heavy atom. The van der Waals surface area contributed by atoms with Crippen LogP contribution in [0.4, 0.5) is 0 Å². The number of nitrogens with zero attached hydrogens (tertiary/aromatic N) is 5. The molecule has 6 nitrogen and oxygen atoms in total. The van der Waals surface area contributed by atoms with E-state index in [4.69, 9.17) is 0 Å². The van der Waals surface area contributed by atoms with Crippen molar-refractivity contribution in [3.8, 4) is 0 Å². The van der Waals surface area contributed by atoms with Gasteiger partial charge in [-0.15, -0.1) is 0 Å². The fourth-order valence-electron chi connectivity index (χ4n) is 3.49. The van der Waals surface area contributed by atoms with Gasteiger partial charge in [0.25, 0.3) is 0 Å². The molecule has 0 aliphatic carbocycles. The van der Waals surface area contributed by atoms with Crippen LogP contribution in [0.25, 0.3) is 0 Å². The Balaban J connectivity index is 1.54. The minimum Gasteiger partial charge on any atom is -0.338 e. The molecule has 1 aliphatic rings. The molecule has 130 valence electrons. The van der Waals surface area contributed by atoms with Gasteiger partial charge in [-0.3, -0.25) is 9.48 Å². The maximum atomic E-state index is 12.7. The summed E-state index contributed by atoms with van der Waals surface area (Å²) >= 11 is 0. The molecule has 3 rings (SSSR count). The lowest BCUT2D eigenvalue weighted by atomic mass is 10.0. The van der Waals surface area contributed by atoms with Crippen molar-refractivity contribution in [3.63, 3.8) is 0 Å². The molecule has 0 aromatic carbocycles. The van der Waals surface area contributed by atoms with E-state index in [9.17, 15) is 4.79 Å². The van der Waals surface area contributed by atoms with E-state index in [0.717, 1.165) is 44.7 Å². The predicted molar refractivity (Wildman–Crippen MR) is 92.5 cm³/mol. The van der Waals surface area contributed by atoms with E-state index < -0.39 is 0 Å². The van der Waals surface area contributed by atoms with E-state index >= 15 is 0 Å². The van der Waals surface area contributed by atoms with E-state index in [1.807, 2.05) is 37.1 Å². The molecule has 0 bridgehead atoms. The quantitative estimate of drug-likeness (QED) is 0.818. The van der Waals surface area contributed by atoms with Gasteiger partial charge in [-0.05, 0) is 45.1 Å². The standard InChI is InChI=1S/C18H27N5O/c1-15-12-20-22(13-15)14-17-6-3-4-10-23(17)18(24)7-5-9-21-11-8-19-16(21)2/h8,11-13,17H,3-7,9-10,14H2,1-2H3. The van der Waals surface area contributed by atoms with Gasteiger partial charge >= 0.3 is 0 Å². The highest BCUT2D eigenvalue weighted by Crippen LogP contribution is 2.20. The van der Waals surface area contributed by atoms with Crippen LogP contribution >= 0.6 is 0 Å². The first-order valence-corrected chi connectivity index (χ1v) is 8.90. The molecular formula is C18H27N5O. The summed E-state index contributed by atoms with van der Waals surface area (Å²) in [4.78, 5) is 19.0. The largest absolute Gasteiger partial charge is 0.338 e. The Hall–Kier alpha value is -2.11. The van der Waals surface area contributed by atoms with Gasteiger partial charge in [0, 0.05) is 38.1 Å². The Labute approximate surface area is 143 Å². The Bertz CT molecular complexity index is 675. The van der Waals surface area contributed by atoms with E-state index in [2.05, 4.69) is 25.7 Å². The Morgan fingerprint density at radius 3 is 2.92 bits per heavy atom. The number of carbonyl (C=O) groups is 1. The average Bonchev–Trinajstić information content (AvgIpc) is 3.16. The zero-order valence-electron chi connectivity index (χ0n) is 14.7. The number of aryl methyl sites for hydroxylation is 3. The van der Waals surface area contributed by atoms with Gasteiger partial charge in [0.2, 0.25) is 5.91 Å². The summed E-state index contributed by atoms with van der Waals surface area (Å²) in [6, 6.07) is 0.278. The molecule has 0 spiro atoms. The third-order valence-corrected chi connectivity index (χ3v) is 4.82. The summed E-state index contributed by atoms with van der Waals surface area (Å²) in [6.45, 7) is 6.59. The first kappa shape index (κ1) is 16.7. The van der Waals surface area contributed by atoms with Crippen molar-refractivity contribution in [1.82, 2.24) is 24.2 Å². The highest BCUT2D eigenvalue weighted by molar-refractivity contribution is 5.76. The second-order valence-corrected chi connectivity index (χ2v) is 6.75. The number of amides is 1. The van der Waals surface area contributed by atoms with Gasteiger partial charge in [0.05, 0.1) is 18.8 Å². The molecule has 3 heterocycles. The fraction of sp³-hybridized carbons (Fsp3) is 0.611. The lowest BCUT2D eigenvalue weighted by molar-refractivity contribution is -0.135. The number of aromatic nitrogens is 4. The van der Waals surface area contributed by atoms with Crippen molar-refractivity contribution in [3.05, 3.63) is 36.2 Å². The normalized spacial score (nSPS) is 18.1. The summed E-state index contributed by atoms with van der Waals surface area (Å²) in [7, 11) is 0. The molecule has 1 atom stereocenters. The first-order valence-electron chi connectivity index (χ1n) is 8.90. The summed E-state index contributed by atoms with van der Waals surface area (Å²) in [5.74, 6) is 1.29. The van der Waals surface area contributed by atoms with Crippen LogP contribution in [0.2, 0.25) is 0 Å². The molecule has 1 unspecified atom stereocenters. The van der Waals surface area contributed by atoms with Gasteiger partial charge in [-0.25, -0.2) is 4.98 Å². The fourth-order valence-corrected chi connectivity index (χ4v) is 3.49. The summed E-state index contributed by atoms with van der Waals surface area (Å²) in [5, 5.41) is 4.38. The molecule has 2 aromatic rings. The van der Waals surface area contributed by atoms with Crippen LogP contribution in [0.5, 0.6) is 0 Å². The highest BCUT2D eigenvalue weighted by Gasteiger charge is 2.26. The molecular weight excluding hydrogens is 302 g/mol. The molecule has 1 aliphatic heterocycles. The molecule has 0 radical (unpaired) electrons. The summed E-state index contributed by atoms with van der Waals surface area (Å²) < 4.78 is 4.08. The minimum atomic E-state index is 0.278. The zero-order chi connectivity index (χ0) is 16.9. The summed E-state index contributed by atoms with van der Waals surface area (Å²) in [5.41, 5.74) is 1.17. The smallest absolute Gasteiger partial charge is 0.222 e. The number of imidazole rings is 1. The third-order valence-electron chi connectivity index (χ3n) is 4.82. The van der Waals surface area contributed by atoms with Gasteiger partial charge < -0.3 is 9.47 Å². The van der Waals surface area contributed by atoms with E-state index in [1.54, 1.807) is 0 Å². The van der Waals surface area contributed by atoms with E-state index in [0.29, 0.717) is 6.42 Å². The molecule has 0 N–H and O–H groups in total. The van der Waals surface area contributed by atoms with Crippen molar-refractivity contribution in [2.45, 2.75) is 65.1 Å². The third kappa shape index (κ3) is 4.04. The molecule has 1 saturated heterocycles. The highest BCUT2D eigenvalue weighted by atomic mass is 16.2. The number of hydrogen-bond acceptors (Lipinski definition) is 3. The number of rotatable bonds is 6. The molecule has 24 heavy (non-hydrogen) atoms. The second kappa shape index (κ2) is 7.64. The van der Waals surface area contributed by atoms with Gasteiger partial charge in [0.15, 0.2) is 0 Å². The zero-order valence-corrected chi connectivity index (χ0v) is 14.7.